The van der Waals surface area contributed by atoms with E-state index in [2.05, 4.69) is 20.4 Å². The van der Waals surface area contributed by atoms with Gasteiger partial charge in [-0.15, -0.1) is 0 Å². The molecule has 19 heavy (non-hydrogen) atoms. The Morgan fingerprint density at radius 3 is 2.84 bits per heavy atom. The predicted octanol–water partition coefficient (Wildman–Crippen LogP) is 1.43. The van der Waals surface area contributed by atoms with Crippen molar-refractivity contribution in [3.8, 4) is 0 Å². The first-order valence-corrected chi connectivity index (χ1v) is 5.29. The Labute approximate surface area is 105 Å². The van der Waals surface area contributed by atoms with Crippen molar-refractivity contribution in [1.82, 2.24) is 19.7 Å². The number of nitrogens with zero attached hydrogens (tertiary/aromatic N) is 4. The summed E-state index contributed by atoms with van der Waals surface area (Å²) in [5.74, 6) is -0.168. The van der Waals surface area contributed by atoms with Crippen LogP contribution < -0.4 is 5.32 Å². The van der Waals surface area contributed by atoms with Gasteiger partial charge in [0.1, 0.15) is 5.69 Å². The zero-order chi connectivity index (χ0) is 13.9. The van der Waals surface area contributed by atoms with E-state index in [0.29, 0.717) is 12.2 Å². The molecule has 9 heteroatoms. The standard InChI is InChI=1S/C10H10F3N5O/c11-10(12,13)8-1-2-14-9(17-8)16-7-5-15-18(6-7)3-4-19/h1-2,5-6,19H,3-4H2,(H,14,16,17). The number of alkyl halides is 3. The number of hydrogen-bond donors (Lipinski definition) is 2. The van der Waals surface area contributed by atoms with Crippen LogP contribution in [0.4, 0.5) is 24.8 Å². The van der Waals surface area contributed by atoms with E-state index in [0.717, 1.165) is 12.3 Å². The molecule has 0 spiro atoms. The van der Waals surface area contributed by atoms with Crippen LogP contribution in [0.5, 0.6) is 0 Å². The van der Waals surface area contributed by atoms with Crippen LogP contribution in [0.2, 0.25) is 0 Å². The average molecular weight is 273 g/mol. The highest BCUT2D eigenvalue weighted by atomic mass is 19.4. The molecular weight excluding hydrogens is 263 g/mol. The van der Waals surface area contributed by atoms with Crippen molar-refractivity contribution in [3.05, 3.63) is 30.4 Å². The maximum absolute atomic E-state index is 12.4. The van der Waals surface area contributed by atoms with Crippen molar-refractivity contribution in [3.63, 3.8) is 0 Å². The minimum atomic E-state index is -4.51. The Morgan fingerprint density at radius 2 is 2.16 bits per heavy atom. The lowest BCUT2D eigenvalue weighted by Gasteiger charge is -2.07. The highest BCUT2D eigenvalue weighted by molar-refractivity contribution is 5.50. The van der Waals surface area contributed by atoms with Gasteiger partial charge in [0, 0.05) is 12.4 Å². The van der Waals surface area contributed by atoms with Crippen molar-refractivity contribution < 1.29 is 18.3 Å². The fourth-order valence-corrected chi connectivity index (χ4v) is 1.36. The molecule has 0 saturated carbocycles. The molecule has 0 atom stereocenters. The van der Waals surface area contributed by atoms with E-state index in [-0.39, 0.29) is 12.6 Å². The second-order valence-corrected chi connectivity index (χ2v) is 3.60. The fourth-order valence-electron chi connectivity index (χ4n) is 1.36. The minimum absolute atomic E-state index is 0.0822. The summed E-state index contributed by atoms with van der Waals surface area (Å²) in [5, 5.41) is 15.2. The maximum atomic E-state index is 12.4. The maximum Gasteiger partial charge on any atom is 0.433 e. The number of hydrogen-bond acceptors (Lipinski definition) is 5. The van der Waals surface area contributed by atoms with Gasteiger partial charge < -0.3 is 10.4 Å². The zero-order valence-corrected chi connectivity index (χ0v) is 9.59. The number of rotatable bonds is 4. The van der Waals surface area contributed by atoms with Crippen LogP contribution in [0.1, 0.15) is 5.69 Å². The van der Waals surface area contributed by atoms with E-state index in [4.69, 9.17) is 5.11 Å². The van der Waals surface area contributed by atoms with Gasteiger partial charge in [-0.2, -0.15) is 18.3 Å². The summed E-state index contributed by atoms with van der Waals surface area (Å²) in [6, 6.07) is 0.792. The Morgan fingerprint density at radius 1 is 1.37 bits per heavy atom. The molecule has 6 nitrogen and oxygen atoms in total. The lowest BCUT2D eigenvalue weighted by atomic mass is 10.4. The molecule has 2 heterocycles. The molecule has 2 N–H and O–H groups in total. The normalized spacial score (nSPS) is 11.6. The van der Waals surface area contributed by atoms with Gasteiger partial charge in [-0.3, -0.25) is 4.68 Å². The molecule has 0 unspecified atom stereocenters. The zero-order valence-electron chi connectivity index (χ0n) is 9.59. The first-order chi connectivity index (χ1) is 8.99. The SMILES string of the molecule is OCCn1cc(Nc2nccc(C(F)(F)F)n2)cn1. The Hall–Kier alpha value is -2.16. The molecule has 0 aliphatic heterocycles. The summed E-state index contributed by atoms with van der Waals surface area (Å²) in [6.07, 6.45) is -0.560. The number of aliphatic hydroxyl groups is 1. The molecule has 0 aromatic carbocycles. The van der Waals surface area contributed by atoms with Crippen molar-refractivity contribution >= 4 is 11.6 Å². The number of halogens is 3. The molecular formula is C10H10F3N5O. The van der Waals surface area contributed by atoms with E-state index in [1.807, 2.05) is 0 Å². The molecule has 2 aromatic heterocycles. The summed E-state index contributed by atoms with van der Waals surface area (Å²) in [4.78, 5) is 7.06. The highest BCUT2D eigenvalue weighted by Crippen LogP contribution is 2.27. The monoisotopic (exact) mass is 273 g/mol. The van der Waals surface area contributed by atoms with Crippen molar-refractivity contribution in [2.24, 2.45) is 0 Å². The van der Waals surface area contributed by atoms with Gasteiger partial charge in [0.2, 0.25) is 5.95 Å². The van der Waals surface area contributed by atoms with Crippen molar-refractivity contribution in [2.75, 3.05) is 11.9 Å². The second kappa shape index (κ2) is 5.22. The third-order valence-electron chi connectivity index (χ3n) is 2.16. The lowest BCUT2D eigenvalue weighted by molar-refractivity contribution is -0.141. The van der Waals surface area contributed by atoms with E-state index < -0.39 is 11.9 Å². The van der Waals surface area contributed by atoms with E-state index in [9.17, 15) is 13.2 Å². The van der Waals surface area contributed by atoms with Gasteiger partial charge in [0.05, 0.1) is 25.0 Å². The summed E-state index contributed by atoms with van der Waals surface area (Å²) >= 11 is 0. The molecule has 0 fully saturated rings. The Balaban J connectivity index is 2.14. The quantitative estimate of drug-likeness (QED) is 0.881. The summed E-state index contributed by atoms with van der Waals surface area (Å²) in [7, 11) is 0. The van der Waals surface area contributed by atoms with Crippen molar-refractivity contribution in [1.29, 1.82) is 0 Å². The molecule has 0 radical (unpaired) electrons. The fraction of sp³-hybridized carbons (Fsp3) is 0.300. The number of aliphatic hydroxyl groups excluding tert-OH is 1. The molecule has 0 amide bonds. The van der Waals surface area contributed by atoms with Gasteiger partial charge >= 0.3 is 6.18 Å². The summed E-state index contributed by atoms with van der Waals surface area (Å²) in [6.45, 7) is 0.215. The summed E-state index contributed by atoms with van der Waals surface area (Å²) in [5.41, 5.74) is -0.583. The van der Waals surface area contributed by atoms with Gasteiger partial charge in [0.25, 0.3) is 0 Å². The van der Waals surface area contributed by atoms with Crippen molar-refractivity contribution in [2.45, 2.75) is 12.7 Å². The first kappa shape index (κ1) is 13.3. The number of anilines is 2. The molecule has 2 aromatic rings. The molecule has 2 rings (SSSR count). The van der Waals surface area contributed by atoms with Gasteiger partial charge in [-0.1, -0.05) is 0 Å². The first-order valence-electron chi connectivity index (χ1n) is 5.29. The predicted molar refractivity (Wildman–Crippen MR) is 59.6 cm³/mol. The highest BCUT2D eigenvalue weighted by Gasteiger charge is 2.32. The third kappa shape index (κ3) is 3.41. The van der Waals surface area contributed by atoms with Crippen LogP contribution in [-0.2, 0) is 12.7 Å². The summed E-state index contributed by atoms with van der Waals surface area (Å²) < 4.78 is 38.8. The smallest absolute Gasteiger partial charge is 0.394 e. The molecule has 0 aliphatic rings. The number of aromatic nitrogens is 4. The molecule has 0 aliphatic carbocycles. The van der Waals surface area contributed by atoms with Crippen LogP contribution >= 0.6 is 0 Å². The van der Waals surface area contributed by atoms with Crippen LogP contribution in [0.15, 0.2) is 24.7 Å². The lowest BCUT2D eigenvalue weighted by Crippen LogP contribution is -2.09. The molecule has 0 bridgehead atoms. The van der Waals surface area contributed by atoms with Crippen LogP contribution in [-0.4, -0.2) is 31.5 Å². The van der Waals surface area contributed by atoms with Crippen LogP contribution in [0.3, 0.4) is 0 Å². The van der Waals surface area contributed by atoms with Gasteiger partial charge in [0.15, 0.2) is 0 Å². The van der Waals surface area contributed by atoms with Crippen LogP contribution in [0.25, 0.3) is 0 Å². The second-order valence-electron chi connectivity index (χ2n) is 3.60. The third-order valence-corrected chi connectivity index (χ3v) is 2.16. The Kier molecular flexibility index (Phi) is 3.65. The topological polar surface area (TPSA) is 75.9 Å². The Bertz CT molecular complexity index is 554. The minimum Gasteiger partial charge on any atom is -0.394 e. The van der Waals surface area contributed by atoms with Crippen LogP contribution in [0, 0.1) is 0 Å². The van der Waals surface area contributed by atoms with E-state index in [1.54, 1.807) is 0 Å². The largest absolute Gasteiger partial charge is 0.433 e. The van der Waals surface area contributed by atoms with Gasteiger partial charge in [-0.25, -0.2) is 9.97 Å². The van der Waals surface area contributed by atoms with E-state index in [1.165, 1.54) is 17.1 Å². The van der Waals surface area contributed by atoms with Gasteiger partial charge in [-0.05, 0) is 6.07 Å². The van der Waals surface area contributed by atoms with E-state index >= 15 is 0 Å². The molecule has 102 valence electrons. The molecule has 0 saturated heterocycles. The number of nitrogens with one attached hydrogen (secondary N) is 1. The average Bonchev–Trinajstić information content (AvgIpc) is 2.76.